The molecule has 0 aliphatic heterocycles. The average Bonchev–Trinajstić information content (AvgIpc) is 2.61. The molecule has 1 rings (SSSR count). The van der Waals surface area contributed by atoms with Crippen molar-refractivity contribution in [1.82, 2.24) is 25.6 Å². The Hall–Kier alpha value is -1.96. The second kappa shape index (κ2) is 5.58. The maximum absolute atomic E-state index is 11.6. The Morgan fingerprint density at radius 1 is 1.30 bits per heavy atom. The third-order valence-corrected chi connectivity index (χ3v) is 2.21. The van der Waals surface area contributed by atoms with Crippen molar-refractivity contribution in [3.05, 3.63) is 11.9 Å². The van der Waals surface area contributed by atoms with Crippen molar-refractivity contribution in [1.29, 1.82) is 0 Å². The van der Waals surface area contributed by atoms with Crippen molar-refractivity contribution >= 4 is 11.9 Å². The van der Waals surface area contributed by atoms with Gasteiger partial charge in [0.1, 0.15) is 17.8 Å². The molecule has 8 nitrogen and oxygen atoms in total. The summed E-state index contributed by atoms with van der Waals surface area (Å²) in [5.74, 6) is -0.515. The summed E-state index contributed by atoms with van der Waals surface area (Å²) in [6.45, 7) is 8.41. The molecule has 3 N–H and O–H groups in total. The SMILES string of the molecule is CC(C)(C)NC(=O)NC(=O)Cn1cc(C(C)(C)O)nn1. The lowest BCUT2D eigenvalue weighted by Gasteiger charge is -2.20. The van der Waals surface area contributed by atoms with Crippen LogP contribution in [0.4, 0.5) is 4.79 Å². The summed E-state index contributed by atoms with van der Waals surface area (Å²) in [4.78, 5) is 23.1. The topological polar surface area (TPSA) is 109 Å². The molecule has 1 aromatic rings. The van der Waals surface area contributed by atoms with Crippen LogP contribution >= 0.6 is 0 Å². The molecule has 1 aromatic heterocycles. The first-order valence-corrected chi connectivity index (χ1v) is 6.22. The molecule has 0 aromatic carbocycles. The molecular weight excluding hydrogens is 262 g/mol. The molecular formula is C12H21N5O3. The number of hydrogen-bond donors (Lipinski definition) is 3. The van der Waals surface area contributed by atoms with Crippen molar-refractivity contribution in [2.45, 2.75) is 52.3 Å². The van der Waals surface area contributed by atoms with Crippen molar-refractivity contribution < 1.29 is 14.7 Å². The highest BCUT2D eigenvalue weighted by Crippen LogP contribution is 2.15. The molecule has 0 atom stereocenters. The minimum absolute atomic E-state index is 0.152. The van der Waals surface area contributed by atoms with Crippen molar-refractivity contribution in [3.63, 3.8) is 0 Å². The maximum Gasteiger partial charge on any atom is 0.321 e. The Morgan fingerprint density at radius 3 is 2.35 bits per heavy atom. The minimum Gasteiger partial charge on any atom is -0.384 e. The number of urea groups is 1. The van der Waals surface area contributed by atoms with Gasteiger partial charge < -0.3 is 10.4 Å². The normalized spacial score (nSPS) is 12.1. The molecule has 20 heavy (non-hydrogen) atoms. The van der Waals surface area contributed by atoms with Crippen molar-refractivity contribution in [2.75, 3.05) is 0 Å². The summed E-state index contributed by atoms with van der Waals surface area (Å²) in [5, 5.41) is 22.0. The summed E-state index contributed by atoms with van der Waals surface area (Å²) in [6.07, 6.45) is 1.46. The summed E-state index contributed by atoms with van der Waals surface area (Å²) >= 11 is 0. The Kier molecular flexibility index (Phi) is 4.49. The third-order valence-electron chi connectivity index (χ3n) is 2.21. The average molecular weight is 283 g/mol. The fourth-order valence-corrected chi connectivity index (χ4v) is 1.34. The molecule has 0 radical (unpaired) electrons. The Labute approximate surface area is 117 Å². The van der Waals surface area contributed by atoms with E-state index in [0.717, 1.165) is 0 Å². The highest BCUT2D eigenvalue weighted by atomic mass is 16.3. The number of carbonyl (C=O) groups is 2. The highest BCUT2D eigenvalue weighted by Gasteiger charge is 2.21. The predicted molar refractivity (Wildman–Crippen MR) is 71.7 cm³/mol. The Balaban J connectivity index is 2.55. The van der Waals surface area contributed by atoms with E-state index in [1.54, 1.807) is 13.8 Å². The van der Waals surface area contributed by atoms with Crippen LogP contribution in [0, 0.1) is 0 Å². The van der Waals surface area contributed by atoms with Crippen LogP contribution in [0.1, 0.15) is 40.3 Å². The second-order valence-electron chi connectivity index (χ2n) is 6.11. The molecule has 0 spiro atoms. The molecule has 112 valence electrons. The van der Waals surface area contributed by atoms with E-state index in [4.69, 9.17) is 0 Å². The van der Waals surface area contributed by atoms with Gasteiger partial charge in [-0.1, -0.05) is 5.21 Å². The molecule has 8 heteroatoms. The van der Waals surface area contributed by atoms with Crippen LogP contribution in [0.15, 0.2) is 6.20 Å². The zero-order chi connectivity index (χ0) is 15.6. The van der Waals surface area contributed by atoms with Crippen LogP contribution in [0.5, 0.6) is 0 Å². The zero-order valence-corrected chi connectivity index (χ0v) is 12.4. The van der Waals surface area contributed by atoms with E-state index in [2.05, 4.69) is 20.9 Å². The Bertz CT molecular complexity index is 496. The standard InChI is InChI=1S/C12H21N5O3/c1-11(2,3)14-10(19)13-9(18)7-17-6-8(15-16-17)12(4,5)20/h6,20H,7H2,1-5H3,(H2,13,14,18,19). The summed E-state index contributed by atoms with van der Waals surface area (Å²) in [5.41, 5.74) is -1.20. The number of rotatable bonds is 3. The quantitative estimate of drug-likeness (QED) is 0.730. The van der Waals surface area contributed by atoms with Gasteiger partial charge in [0, 0.05) is 5.54 Å². The van der Waals surface area contributed by atoms with Gasteiger partial charge >= 0.3 is 6.03 Å². The van der Waals surface area contributed by atoms with Gasteiger partial charge in [0.15, 0.2) is 0 Å². The van der Waals surface area contributed by atoms with E-state index in [9.17, 15) is 14.7 Å². The fraction of sp³-hybridized carbons (Fsp3) is 0.667. The zero-order valence-electron chi connectivity index (χ0n) is 12.4. The van der Waals surface area contributed by atoms with Crippen LogP contribution in [0.3, 0.4) is 0 Å². The van der Waals surface area contributed by atoms with Gasteiger partial charge in [-0.25, -0.2) is 9.48 Å². The number of aromatic nitrogens is 3. The van der Waals surface area contributed by atoms with E-state index >= 15 is 0 Å². The van der Waals surface area contributed by atoms with E-state index in [-0.39, 0.29) is 6.54 Å². The highest BCUT2D eigenvalue weighted by molar-refractivity contribution is 5.94. The summed E-state index contributed by atoms with van der Waals surface area (Å²) < 4.78 is 1.26. The van der Waals surface area contributed by atoms with E-state index in [0.29, 0.717) is 5.69 Å². The number of nitrogens with one attached hydrogen (secondary N) is 2. The van der Waals surface area contributed by atoms with Crippen LogP contribution in [-0.2, 0) is 16.9 Å². The van der Waals surface area contributed by atoms with Crippen LogP contribution < -0.4 is 10.6 Å². The van der Waals surface area contributed by atoms with Gasteiger partial charge in [-0.3, -0.25) is 10.1 Å². The lowest BCUT2D eigenvalue weighted by atomic mass is 10.1. The van der Waals surface area contributed by atoms with Gasteiger partial charge in [0.05, 0.1) is 6.20 Å². The van der Waals surface area contributed by atoms with Crippen LogP contribution in [0.2, 0.25) is 0 Å². The first kappa shape index (κ1) is 16.1. The predicted octanol–water partition coefficient (Wildman–Crippen LogP) is 0.130. The van der Waals surface area contributed by atoms with Crippen molar-refractivity contribution in [3.8, 4) is 0 Å². The Morgan fingerprint density at radius 2 is 1.90 bits per heavy atom. The fourth-order valence-electron chi connectivity index (χ4n) is 1.34. The molecule has 0 aliphatic rings. The molecule has 0 aliphatic carbocycles. The van der Waals surface area contributed by atoms with Crippen molar-refractivity contribution in [2.24, 2.45) is 0 Å². The number of imide groups is 1. The van der Waals surface area contributed by atoms with Gasteiger partial charge in [0.25, 0.3) is 0 Å². The molecule has 0 bridgehead atoms. The number of nitrogens with zero attached hydrogens (tertiary/aromatic N) is 3. The molecule has 0 fully saturated rings. The van der Waals surface area contributed by atoms with Crippen LogP contribution in [0.25, 0.3) is 0 Å². The molecule has 0 saturated heterocycles. The van der Waals surface area contributed by atoms with Gasteiger partial charge in [-0.15, -0.1) is 5.10 Å². The minimum atomic E-state index is -1.13. The molecule has 0 saturated carbocycles. The number of carbonyl (C=O) groups excluding carboxylic acids is 2. The first-order chi connectivity index (χ1) is 8.97. The molecule has 1 heterocycles. The number of aliphatic hydroxyl groups is 1. The molecule has 0 unspecified atom stereocenters. The first-order valence-electron chi connectivity index (χ1n) is 6.22. The van der Waals surface area contributed by atoms with E-state index in [1.165, 1.54) is 10.9 Å². The molecule has 3 amide bonds. The summed E-state index contributed by atoms with van der Waals surface area (Å²) in [6, 6.07) is -0.565. The lowest BCUT2D eigenvalue weighted by molar-refractivity contribution is -0.120. The van der Waals surface area contributed by atoms with Gasteiger partial charge in [0.2, 0.25) is 5.91 Å². The van der Waals surface area contributed by atoms with Gasteiger partial charge in [-0.05, 0) is 34.6 Å². The number of amides is 3. The van der Waals surface area contributed by atoms with Crippen LogP contribution in [-0.4, -0.2) is 37.6 Å². The lowest BCUT2D eigenvalue weighted by Crippen LogP contribution is -2.48. The number of hydrogen-bond acceptors (Lipinski definition) is 5. The second-order valence-corrected chi connectivity index (χ2v) is 6.11. The maximum atomic E-state index is 11.6. The largest absolute Gasteiger partial charge is 0.384 e. The van der Waals surface area contributed by atoms with Gasteiger partial charge in [-0.2, -0.15) is 0 Å². The summed E-state index contributed by atoms with van der Waals surface area (Å²) in [7, 11) is 0. The monoisotopic (exact) mass is 283 g/mol. The smallest absolute Gasteiger partial charge is 0.321 e. The van der Waals surface area contributed by atoms with E-state index < -0.39 is 23.1 Å². The third kappa shape index (κ3) is 5.35. The van der Waals surface area contributed by atoms with E-state index in [1.807, 2.05) is 20.8 Å².